The summed E-state index contributed by atoms with van der Waals surface area (Å²) in [4.78, 5) is 26.0. The van der Waals surface area contributed by atoms with E-state index in [1.54, 1.807) is 55.9 Å². The fourth-order valence-corrected chi connectivity index (χ4v) is 2.87. The molecule has 7 heteroatoms. The zero-order valence-electron chi connectivity index (χ0n) is 12.6. The SMILES string of the molecule is C[N+](C)(N)C(Br)=C(C(=O)c1ccccc1)C(=O)c1cccs1.[Br-]. The summed E-state index contributed by atoms with van der Waals surface area (Å²) in [7, 11) is 3.37. The summed E-state index contributed by atoms with van der Waals surface area (Å²) in [5, 5.41) is 1.80. The van der Waals surface area contributed by atoms with Crippen LogP contribution in [0, 0.1) is 0 Å². The van der Waals surface area contributed by atoms with Gasteiger partial charge in [-0.15, -0.1) is 11.3 Å². The molecule has 0 bridgehead atoms. The van der Waals surface area contributed by atoms with Crippen LogP contribution in [0.4, 0.5) is 0 Å². The lowest BCUT2D eigenvalue weighted by Crippen LogP contribution is -3.00. The summed E-state index contributed by atoms with van der Waals surface area (Å²) in [5.41, 5.74) is 0.508. The molecule has 2 N–H and O–H groups in total. The maximum Gasteiger partial charge on any atom is 0.213 e. The number of nitrogens with zero attached hydrogens (tertiary/aromatic N) is 1. The second-order valence-corrected chi connectivity index (χ2v) is 6.91. The van der Waals surface area contributed by atoms with E-state index in [1.165, 1.54) is 11.3 Å². The van der Waals surface area contributed by atoms with E-state index in [1.807, 2.05) is 6.07 Å². The summed E-state index contributed by atoms with van der Waals surface area (Å²) >= 11 is 4.63. The number of thiophene rings is 1. The van der Waals surface area contributed by atoms with Gasteiger partial charge in [-0.1, -0.05) is 36.4 Å². The van der Waals surface area contributed by atoms with E-state index in [2.05, 4.69) is 15.9 Å². The van der Waals surface area contributed by atoms with Crippen LogP contribution in [0.15, 0.2) is 58.0 Å². The Hall–Kier alpha value is -1.12. The highest BCUT2D eigenvalue weighted by molar-refractivity contribution is 9.11. The highest BCUT2D eigenvalue weighted by Gasteiger charge is 2.32. The van der Waals surface area contributed by atoms with Crippen molar-refractivity contribution in [2.24, 2.45) is 5.84 Å². The van der Waals surface area contributed by atoms with E-state index in [0.29, 0.717) is 15.0 Å². The van der Waals surface area contributed by atoms with Gasteiger partial charge in [-0.2, -0.15) is 5.84 Å². The van der Waals surface area contributed by atoms with Crippen molar-refractivity contribution >= 4 is 38.8 Å². The monoisotopic (exact) mass is 458 g/mol. The lowest BCUT2D eigenvalue weighted by atomic mass is 10.00. The third-order valence-electron chi connectivity index (χ3n) is 2.95. The van der Waals surface area contributed by atoms with Crippen LogP contribution in [0.5, 0.6) is 0 Å². The molecule has 0 aliphatic rings. The van der Waals surface area contributed by atoms with Crippen LogP contribution in [0.25, 0.3) is 0 Å². The van der Waals surface area contributed by atoms with Gasteiger partial charge in [0.1, 0.15) is 5.57 Å². The van der Waals surface area contributed by atoms with E-state index in [0.717, 1.165) is 0 Å². The van der Waals surface area contributed by atoms with E-state index in [4.69, 9.17) is 5.84 Å². The molecule has 1 aromatic heterocycles. The van der Waals surface area contributed by atoms with Gasteiger partial charge in [0.15, 0.2) is 0 Å². The van der Waals surface area contributed by atoms with Gasteiger partial charge in [0.05, 0.1) is 19.0 Å². The van der Waals surface area contributed by atoms with Gasteiger partial charge in [-0.25, -0.2) is 4.59 Å². The maximum atomic E-state index is 12.8. The van der Waals surface area contributed by atoms with E-state index < -0.39 is 0 Å². The molecule has 0 spiro atoms. The summed E-state index contributed by atoms with van der Waals surface area (Å²) in [6.07, 6.45) is 0. The molecule has 2 aromatic rings. The lowest BCUT2D eigenvalue weighted by Gasteiger charge is -2.22. The highest BCUT2D eigenvalue weighted by Crippen LogP contribution is 2.26. The van der Waals surface area contributed by atoms with Gasteiger partial charge in [-0.05, 0) is 11.4 Å². The van der Waals surface area contributed by atoms with Gasteiger partial charge in [0, 0.05) is 21.5 Å². The number of nitrogens with two attached hydrogens (primary N) is 1. The molecular weight excluding hydrogens is 444 g/mol. The molecule has 1 heterocycles. The molecular formula is C16H16Br2N2O2S. The van der Waals surface area contributed by atoms with E-state index in [9.17, 15) is 9.59 Å². The topological polar surface area (TPSA) is 60.2 Å². The summed E-state index contributed by atoms with van der Waals surface area (Å²) in [6.45, 7) is 0. The van der Waals surface area contributed by atoms with Crippen molar-refractivity contribution in [3.8, 4) is 0 Å². The first-order valence-corrected chi connectivity index (χ1v) is 8.20. The first-order valence-electron chi connectivity index (χ1n) is 6.53. The fraction of sp³-hybridized carbons (Fsp3) is 0.125. The largest absolute Gasteiger partial charge is 1.00 e. The van der Waals surface area contributed by atoms with Crippen LogP contribution in [-0.2, 0) is 0 Å². The van der Waals surface area contributed by atoms with Gasteiger partial charge in [0.2, 0.25) is 16.2 Å². The number of rotatable bonds is 5. The van der Waals surface area contributed by atoms with Crippen molar-refractivity contribution in [2.45, 2.75) is 0 Å². The standard InChI is InChI=1S/C16H16BrN2O2S.BrH/c1-19(2,18)16(17)13(15(21)12-9-6-10-22-12)14(20)11-7-4-3-5-8-11;/h3-10H,18H2,1-2H3;1H/q+1;/p-1. The maximum absolute atomic E-state index is 12.8. The minimum Gasteiger partial charge on any atom is -1.00 e. The number of hydrogen-bond donors (Lipinski definition) is 1. The Labute approximate surface area is 158 Å². The molecule has 0 unspecified atom stereocenters. The average Bonchev–Trinajstić information content (AvgIpc) is 3.01. The zero-order chi connectivity index (χ0) is 16.3. The number of ketones is 2. The molecule has 0 fully saturated rings. The van der Waals surface area contributed by atoms with Crippen molar-refractivity contribution in [1.29, 1.82) is 0 Å². The fourth-order valence-electron chi connectivity index (χ4n) is 1.84. The number of allylic oxidation sites excluding steroid dienone is 1. The Morgan fingerprint density at radius 2 is 1.65 bits per heavy atom. The molecule has 0 atom stereocenters. The molecule has 2 rings (SSSR count). The smallest absolute Gasteiger partial charge is 0.213 e. The summed E-state index contributed by atoms with van der Waals surface area (Å²) < 4.78 is 0.199. The normalized spacial score (nSPS) is 12.2. The quantitative estimate of drug-likeness (QED) is 0.103. The van der Waals surface area contributed by atoms with Crippen molar-refractivity contribution in [3.63, 3.8) is 0 Å². The highest BCUT2D eigenvalue weighted by atomic mass is 79.9. The minimum atomic E-state index is -0.345. The average molecular weight is 460 g/mol. The first kappa shape index (κ1) is 19.9. The van der Waals surface area contributed by atoms with E-state index >= 15 is 0 Å². The molecule has 23 heavy (non-hydrogen) atoms. The third kappa shape index (κ3) is 4.68. The summed E-state index contributed by atoms with van der Waals surface area (Å²) in [5.74, 6) is 5.35. The van der Waals surface area contributed by atoms with E-state index in [-0.39, 0.29) is 38.7 Å². The molecule has 0 aliphatic heterocycles. The summed E-state index contributed by atoms with van der Waals surface area (Å²) in [6, 6.07) is 12.2. The Morgan fingerprint density at radius 3 is 2.13 bits per heavy atom. The molecule has 122 valence electrons. The second kappa shape index (κ2) is 8.12. The molecule has 0 amide bonds. The van der Waals surface area contributed by atoms with Crippen LogP contribution >= 0.6 is 27.3 Å². The second-order valence-electron chi connectivity index (χ2n) is 5.21. The van der Waals surface area contributed by atoms with Gasteiger partial charge in [-0.3, -0.25) is 9.59 Å². The number of Topliss-reactive ketones (excluding diaryl/α,β-unsaturated/α-hetero) is 2. The van der Waals surface area contributed by atoms with Crippen LogP contribution in [0.2, 0.25) is 0 Å². The molecule has 1 aromatic carbocycles. The van der Waals surface area contributed by atoms with Crippen LogP contribution in [-0.4, -0.2) is 30.3 Å². The predicted molar refractivity (Wildman–Crippen MR) is 91.7 cm³/mol. The van der Waals surface area contributed by atoms with Crippen LogP contribution in [0.3, 0.4) is 0 Å². The molecule has 0 saturated carbocycles. The number of carbonyl (C=O) groups excluding carboxylic acids is 2. The molecule has 4 nitrogen and oxygen atoms in total. The number of benzene rings is 1. The number of quaternary nitrogens is 1. The first-order chi connectivity index (χ1) is 10.3. The predicted octanol–water partition coefficient (Wildman–Crippen LogP) is 0.374. The third-order valence-corrected chi connectivity index (χ3v) is 5.13. The Kier molecular flexibility index (Phi) is 7.03. The Morgan fingerprint density at radius 1 is 1.04 bits per heavy atom. The Bertz CT molecular complexity index is 720. The number of halogens is 2. The number of hydrogen-bond acceptors (Lipinski definition) is 4. The van der Waals surface area contributed by atoms with Gasteiger partial charge in [0.25, 0.3) is 0 Å². The van der Waals surface area contributed by atoms with Crippen molar-refractivity contribution < 1.29 is 31.2 Å². The van der Waals surface area contributed by atoms with Crippen molar-refractivity contribution in [1.82, 2.24) is 0 Å². The molecule has 0 radical (unpaired) electrons. The van der Waals surface area contributed by atoms with Crippen molar-refractivity contribution in [2.75, 3.05) is 14.1 Å². The van der Waals surface area contributed by atoms with Crippen molar-refractivity contribution in [3.05, 3.63) is 68.5 Å². The Balaban J connectivity index is 0.00000264. The zero-order valence-corrected chi connectivity index (χ0v) is 16.6. The van der Waals surface area contributed by atoms with Crippen LogP contribution in [0.1, 0.15) is 20.0 Å². The molecule has 0 aliphatic carbocycles. The number of carbonyl (C=O) groups is 2. The van der Waals surface area contributed by atoms with Gasteiger partial charge >= 0.3 is 0 Å². The lowest BCUT2D eigenvalue weighted by molar-refractivity contribution is -0.855. The van der Waals surface area contributed by atoms with Gasteiger partial charge < -0.3 is 17.0 Å². The minimum absolute atomic E-state index is 0. The van der Waals surface area contributed by atoms with Crippen LogP contribution < -0.4 is 22.8 Å². The molecule has 0 saturated heterocycles.